The molecule has 0 saturated carbocycles. The summed E-state index contributed by atoms with van der Waals surface area (Å²) >= 11 is 5.42. The summed E-state index contributed by atoms with van der Waals surface area (Å²) in [6.45, 7) is 5.75. The number of nitrogens with one attached hydrogen (secondary N) is 1. The maximum absolute atomic E-state index is 14.3. The Labute approximate surface area is 128 Å². The fourth-order valence-electron chi connectivity index (χ4n) is 2.76. The molecule has 0 bridgehead atoms. The molecule has 0 radical (unpaired) electrons. The van der Waals surface area contributed by atoms with Crippen LogP contribution in [-0.4, -0.2) is 15.0 Å². The summed E-state index contributed by atoms with van der Waals surface area (Å²) in [6.07, 6.45) is 2.31. The number of thiocarbonyl (C=S) groups is 1. The third-order valence-corrected chi connectivity index (χ3v) is 4.18. The van der Waals surface area contributed by atoms with E-state index >= 15 is 0 Å². The minimum Gasteiger partial charge on any atom is -0.366 e. The third kappa shape index (κ3) is 2.42. The maximum atomic E-state index is 14.3. The standard InChI is InChI=1S/C16H16FN3S/c1-9-4-5-13(17)12(6-9)16(3)7-14-11(15(21)20-16)8-18-10(2)19-14/h4-6,8H,7H2,1-3H3,(H,20,21)/t16-/m0/s1. The molecule has 2 heterocycles. The fraction of sp³-hybridized carbons (Fsp3) is 0.312. The predicted molar refractivity (Wildman–Crippen MR) is 83.8 cm³/mol. The molecule has 1 aliphatic heterocycles. The number of hydrogen-bond donors (Lipinski definition) is 1. The van der Waals surface area contributed by atoms with Crippen molar-refractivity contribution in [3.63, 3.8) is 0 Å². The van der Waals surface area contributed by atoms with Crippen molar-refractivity contribution >= 4 is 17.2 Å². The van der Waals surface area contributed by atoms with Crippen LogP contribution < -0.4 is 5.32 Å². The Hall–Kier alpha value is -1.88. The minimum atomic E-state index is -0.596. The van der Waals surface area contributed by atoms with Crippen LogP contribution in [-0.2, 0) is 12.0 Å². The zero-order valence-corrected chi connectivity index (χ0v) is 13.0. The van der Waals surface area contributed by atoms with Gasteiger partial charge in [-0.15, -0.1) is 0 Å². The smallest absolute Gasteiger partial charge is 0.128 e. The quantitative estimate of drug-likeness (QED) is 0.822. The Morgan fingerprint density at radius 1 is 1.33 bits per heavy atom. The molecular formula is C16H16FN3S. The molecule has 1 N–H and O–H groups in total. The van der Waals surface area contributed by atoms with Gasteiger partial charge in [-0.2, -0.15) is 0 Å². The van der Waals surface area contributed by atoms with Gasteiger partial charge in [0, 0.05) is 23.7 Å². The fourth-order valence-corrected chi connectivity index (χ4v) is 3.16. The first-order chi connectivity index (χ1) is 9.89. The molecule has 1 aliphatic rings. The molecule has 108 valence electrons. The zero-order chi connectivity index (χ0) is 15.2. The molecule has 3 nitrogen and oxygen atoms in total. The molecule has 3 rings (SSSR count). The highest BCUT2D eigenvalue weighted by molar-refractivity contribution is 7.80. The lowest BCUT2D eigenvalue weighted by molar-refractivity contribution is 0.398. The van der Waals surface area contributed by atoms with Gasteiger partial charge < -0.3 is 5.32 Å². The van der Waals surface area contributed by atoms with Crippen LogP contribution in [0.4, 0.5) is 4.39 Å². The molecule has 0 aliphatic carbocycles. The van der Waals surface area contributed by atoms with E-state index in [1.54, 1.807) is 12.3 Å². The van der Waals surface area contributed by atoms with Crippen molar-refractivity contribution in [2.75, 3.05) is 0 Å². The average Bonchev–Trinajstić information content (AvgIpc) is 2.40. The van der Waals surface area contributed by atoms with Crippen LogP contribution in [0, 0.1) is 19.7 Å². The van der Waals surface area contributed by atoms with Gasteiger partial charge in [-0.1, -0.05) is 29.9 Å². The van der Waals surface area contributed by atoms with Crippen LogP contribution in [0.15, 0.2) is 24.4 Å². The van der Waals surface area contributed by atoms with E-state index in [2.05, 4.69) is 15.3 Å². The number of hydrogen-bond acceptors (Lipinski definition) is 3. The second-order valence-corrected chi connectivity index (χ2v) is 6.13. The van der Waals surface area contributed by atoms with Crippen molar-refractivity contribution < 1.29 is 4.39 Å². The van der Waals surface area contributed by atoms with Gasteiger partial charge in [-0.3, -0.25) is 0 Å². The largest absolute Gasteiger partial charge is 0.366 e. The molecule has 0 spiro atoms. The van der Waals surface area contributed by atoms with Gasteiger partial charge in [-0.25, -0.2) is 14.4 Å². The predicted octanol–water partition coefficient (Wildman–Crippen LogP) is 2.97. The van der Waals surface area contributed by atoms with Crippen molar-refractivity contribution in [1.29, 1.82) is 0 Å². The molecule has 0 unspecified atom stereocenters. The summed E-state index contributed by atoms with van der Waals surface area (Å²) in [5.74, 6) is 0.471. The molecule has 21 heavy (non-hydrogen) atoms. The molecule has 1 atom stereocenters. The second kappa shape index (κ2) is 4.84. The normalized spacial score (nSPS) is 20.9. The van der Waals surface area contributed by atoms with Crippen molar-refractivity contribution in [3.05, 3.63) is 58.4 Å². The Kier molecular flexibility index (Phi) is 3.24. The van der Waals surface area contributed by atoms with E-state index in [0.29, 0.717) is 22.8 Å². The molecular weight excluding hydrogens is 285 g/mol. The average molecular weight is 301 g/mol. The highest BCUT2D eigenvalue weighted by atomic mass is 32.1. The van der Waals surface area contributed by atoms with E-state index in [1.807, 2.05) is 26.8 Å². The first-order valence-corrected chi connectivity index (χ1v) is 7.21. The van der Waals surface area contributed by atoms with Crippen molar-refractivity contribution in [2.24, 2.45) is 0 Å². The molecule has 1 aromatic carbocycles. The molecule has 1 aromatic heterocycles. The summed E-state index contributed by atoms with van der Waals surface area (Å²) in [5, 5.41) is 3.26. The number of rotatable bonds is 1. The monoisotopic (exact) mass is 301 g/mol. The lowest BCUT2D eigenvalue weighted by Gasteiger charge is -2.37. The van der Waals surface area contributed by atoms with Gasteiger partial charge in [0.2, 0.25) is 0 Å². The van der Waals surface area contributed by atoms with Crippen molar-refractivity contribution in [2.45, 2.75) is 32.7 Å². The topological polar surface area (TPSA) is 37.8 Å². The van der Waals surface area contributed by atoms with Gasteiger partial charge in [0.15, 0.2) is 0 Å². The Morgan fingerprint density at radius 2 is 2.10 bits per heavy atom. The summed E-state index contributed by atoms with van der Waals surface area (Å²) in [6, 6.07) is 5.13. The van der Waals surface area contributed by atoms with E-state index in [4.69, 9.17) is 12.2 Å². The third-order valence-electron chi connectivity index (χ3n) is 3.86. The Balaban J connectivity index is 2.12. The molecule has 2 aromatic rings. The SMILES string of the molecule is Cc1ccc(F)c([C@]2(C)Cc3nc(C)ncc3C(=S)N2)c1. The summed E-state index contributed by atoms with van der Waals surface area (Å²) in [7, 11) is 0. The Bertz CT molecular complexity index is 744. The van der Waals surface area contributed by atoms with Gasteiger partial charge in [-0.05, 0) is 26.8 Å². The van der Waals surface area contributed by atoms with E-state index in [-0.39, 0.29) is 5.82 Å². The van der Waals surface area contributed by atoms with Gasteiger partial charge in [0.1, 0.15) is 16.6 Å². The van der Waals surface area contributed by atoms with Gasteiger partial charge >= 0.3 is 0 Å². The summed E-state index contributed by atoms with van der Waals surface area (Å²) < 4.78 is 14.3. The van der Waals surface area contributed by atoms with E-state index in [0.717, 1.165) is 16.8 Å². The molecule has 0 amide bonds. The number of aromatic nitrogens is 2. The minimum absolute atomic E-state index is 0.229. The highest BCUT2D eigenvalue weighted by Gasteiger charge is 2.36. The van der Waals surface area contributed by atoms with Crippen LogP contribution in [0.5, 0.6) is 0 Å². The number of benzene rings is 1. The lowest BCUT2D eigenvalue weighted by Crippen LogP contribution is -2.49. The first kappa shape index (κ1) is 14.1. The van der Waals surface area contributed by atoms with Crippen molar-refractivity contribution in [1.82, 2.24) is 15.3 Å². The van der Waals surface area contributed by atoms with Crippen LogP contribution in [0.3, 0.4) is 0 Å². The van der Waals surface area contributed by atoms with Gasteiger partial charge in [0.25, 0.3) is 0 Å². The molecule has 0 saturated heterocycles. The summed E-state index contributed by atoms with van der Waals surface area (Å²) in [4.78, 5) is 9.23. The molecule has 0 fully saturated rings. The number of halogens is 1. The number of aryl methyl sites for hydroxylation is 2. The van der Waals surface area contributed by atoms with Crippen LogP contribution >= 0.6 is 12.2 Å². The summed E-state index contributed by atoms with van der Waals surface area (Å²) in [5.41, 5.74) is 2.74. The molecule has 5 heteroatoms. The maximum Gasteiger partial charge on any atom is 0.128 e. The van der Waals surface area contributed by atoms with Crippen LogP contribution in [0.1, 0.15) is 35.1 Å². The van der Waals surface area contributed by atoms with E-state index < -0.39 is 5.54 Å². The van der Waals surface area contributed by atoms with E-state index in [1.165, 1.54) is 6.07 Å². The van der Waals surface area contributed by atoms with Crippen LogP contribution in [0.2, 0.25) is 0 Å². The van der Waals surface area contributed by atoms with E-state index in [9.17, 15) is 4.39 Å². The second-order valence-electron chi connectivity index (χ2n) is 5.72. The first-order valence-electron chi connectivity index (χ1n) is 6.81. The zero-order valence-electron chi connectivity index (χ0n) is 12.2. The lowest BCUT2D eigenvalue weighted by atomic mass is 9.82. The number of nitrogens with zero attached hydrogens (tertiary/aromatic N) is 2. The number of fused-ring (bicyclic) bond motifs is 1. The Morgan fingerprint density at radius 3 is 2.86 bits per heavy atom. The van der Waals surface area contributed by atoms with Gasteiger partial charge in [0.05, 0.1) is 11.2 Å². The van der Waals surface area contributed by atoms with Crippen molar-refractivity contribution in [3.8, 4) is 0 Å². The highest BCUT2D eigenvalue weighted by Crippen LogP contribution is 2.32. The van der Waals surface area contributed by atoms with Crippen LogP contribution in [0.25, 0.3) is 0 Å².